The normalized spacial score (nSPS) is 11.5. The van der Waals surface area contributed by atoms with E-state index in [0.717, 1.165) is 5.75 Å². The summed E-state index contributed by atoms with van der Waals surface area (Å²) in [4.78, 5) is 22.0. The molecule has 0 heterocycles. The summed E-state index contributed by atoms with van der Waals surface area (Å²) in [6.07, 6.45) is -0.962. The van der Waals surface area contributed by atoms with E-state index in [1.54, 1.807) is 24.3 Å². The molecule has 0 fully saturated rings. The molecule has 104 valence electrons. The standard InChI is InChI=1S/C13H17NO5/c1-3-17-10-4-6-11(7-5-10)18-8-12(15)19-9(2)13(14)16/h4-7,9H,3,8H2,1-2H3,(H2,14,16)/t9-/m0/s1. The van der Waals surface area contributed by atoms with Crippen molar-refractivity contribution in [1.29, 1.82) is 0 Å². The number of benzene rings is 1. The maximum absolute atomic E-state index is 11.3. The molecule has 1 aromatic rings. The van der Waals surface area contributed by atoms with Gasteiger partial charge in [0, 0.05) is 0 Å². The number of rotatable bonds is 7. The fourth-order valence-corrected chi connectivity index (χ4v) is 1.23. The molecule has 0 aliphatic carbocycles. The number of ether oxygens (including phenoxy) is 3. The van der Waals surface area contributed by atoms with Crippen LogP contribution in [-0.4, -0.2) is 31.2 Å². The molecular weight excluding hydrogens is 250 g/mol. The molecule has 0 aromatic heterocycles. The van der Waals surface area contributed by atoms with E-state index in [0.29, 0.717) is 12.4 Å². The Kier molecular flexibility index (Phi) is 5.66. The summed E-state index contributed by atoms with van der Waals surface area (Å²) in [5.41, 5.74) is 4.97. The highest BCUT2D eigenvalue weighted by molar-refractivity contribution is 5.82. The minimum atomic E-state index is -0.962. The third kappa shape index (κ3) is 5.29. The van der Waals surface area contributed by atoms with Crippen LogP contribution in [0.1, 0.15) is 13.8 Å². The van der Waals surface area contributed by atoms with Gasteiger partial charge in [-0.05, 0) is 38.1 Å². The molecule has 0 unspecified atom stereocenters. The van der Waals surface area contributed by atoms with Crippen LogP contribution in [0.5, 0.6) is 11.5 Å². The Balaban J connectivity index is 2.39. The molecule has 0 aliphatic rings. The lowest BCUT2D eigenvalue weighted by Crippen LogP contribution is -2.32. The van der Waals surface area contributed by atoms with Crippen molar-refractivity contribution in [2.75, 3.05) is 13.2 Å². The summed E-state index contributed by atoms with van der Waals surface area (Å²) in [5.74, 6) is -0.124. The van der Waals surface area contributed by atoms with Crippen molar-refractivity contribution in [2.45, 2.75) is 20.0 Å². The van der Waals surface area contributed by atoms with E-state index >= 15 is 0 Å². The predicted octanol–water partition coefficient (Wildman–Crippen LogP) is 0.881. The summed E-state index contributed by atoms with van der Waals surface area (Å²) in [5, 5.41) is 0. The van der Waals surface area contributed by atoms with Gasteiger partial charge in [0.2, 0.25) is 0 Å². The number of amides is 1. The van der Waals surface area contributed by atoms with Crippen molar-refractivity contribution in [2.24, 2.45) is 5.73 Å². The lowest BCUT2D eigenvalue weighted by atomic mass is 10.3. The first-order chi connectivity index (χ1) is 9.02. The largest absolute Gasteiger partial charge is 0.494 e. The molecule has 6 nitrogen and oxygen atoms in total. The molecule has 0 saturated carbocycles. The number of nitrogens with two attached hydrogens (primary N) is 1. The molecule has 0 spiro atoms. The molecule has 2 N–H and O–H groups in total. The lowest BCUT2D eigenvalue weighted by Gasteiger charge is -2.10. The maximum Gasteiger partial charge on any atom is 0.344 e. The van der Waals surface area contributed by atoms with Crippen molar-refractivity contribution in [3.8, 4) is 11.5 Å². The summed E-state index contributed by atoms with van der Waals surface area (Å²) in [6.45, 7) is 3.58. The summed E-state index contributed by atoms with van der Waals surface area (Å²) >= 11 is 0. The molecule has 1 aromatic carbocycles. The molecule has 0 radical (unpaired) electrons. The van der Waals surface area contributed by atoms with Crippen LogP contribution in [-0.2, 0) is 14.3 Å². The zero-order valence-corrected chi connectivity index (χ0v) is 10.9. The number of carbonyl (C=O) groups excluding carboxylic acids is 2. The molecule has 1 atom stereocenters. The van der Waals surface area contributed by atoms with Gasteiger partial charge in [0.1, 0.15) is 11.5 Å². The van der Waals surface area contributed by atoms with Crippen molar-refractivity contribution >= 4 is 11.9 Å². The molecule has 0 aliphatic heterocycles. The fraction of sp³-hybridized carbons (Fsp3) is 0.385. The van der Waals surface area contributed by atoms with Gasteiger partial charge in [-0.3, -0.25) is 4.79 Å². The van der Waals surface area contributed by atoms with Crippen LogP contribution in [0.4, 0.5) is 0 Å². The van der Waals surface area contributed by atoms with Crippen LogP contribution in [0, 0.1) is 0 Å². The second-order valence-electron chi connectivity index (χ2n) is 3.73. The highest BCUT2D eigenvalue weighted by atomic mass is 16.6. The van der Waals surface area contributed by atoms with Gasteiger partial charge in [-0.1, -0.05) is 0 Å². The maximum atomic E-state index is 11.3. The number of carbonyl (C=O) groups is 2. The van der Waals surface area contributed by atoms with Gasteiger partial charge in [-0.25, -0.2) is 4.79 Å². The zero-order chi connectivity index (χ0) is 14.3. The van der Waals surface area contributed by atoms with E-state index in [-0.39, 0.29) is 6.61 Å². The Bertz CT molecular complexity index is 429. The van der Waals surface area contributed by atoms with Crippen molar-refractivity contribution < 1.29 is 23.8 Å². The predicted molar refractivity (Wildman–Crippen MR) is 67.9 cm³/mol. The highest BCUT2D eigenvalue weighted by Crippen LogP contribution is 2.17. The van der Waals surface area contributed by atoms with E-state index in [1.807, 2.05) is 6.92 Å². The Morgan fingerprint density at radius 3 is 2.16 bits per heavy atom. The smallest absolute Gasteiger partial charge is 0.344 e. The van der Waals surface area contributed by atoms with Crippen LogP contribution in [0.25, 0.3) is 0 Å². The SMILES string of the molecule is CCOc1ccc(OCC(=O)O[C@@H](C)C(N)=O)cc1. The van der Waals surface area contributed by atoms with E-state index in [1.165, 1.54) is 6.92 Å². The van der Waals surface area contributed by atoms with Crippen molar-refractivity contribution in [3.63, 3.8) is 0 Å². The number of primary amides is 1. The first-order valence-electron chi connectivity index (χ1n) is 5.87. The lowest BCUT2D eigenvalue weighted by molar-refractivity contribution is -0.155. The van der Waals surface area contributed by atoms with Crippen LogP contribution in [0.2, 0.25) is 0 Å². The van der Waals surface area contributed by atoms with Gasteiger partial charge >= 0.3 is 5.97 Å². The van der Waals surface area contributed by atoms with Gasteiger partial charge < -0.3 is 19.9 Å². The second-order valence-corrected chi connectivity index (χ2v) is 3.73. The Morgan fingerprint density at radius 1 is 1.16 bits per heavy atom. The summed E-state index contributed by atoms with van der Waals surface area (Å²) < 4.78 is 15.2. The fourth-order valence-electron chi connectivity index (χ4n) is 1.23. The number of hydrogen-bond donors (Lipinski definition) is 1. The molecule has 19 heavy (non-hydrogen) atoms. The van der Waals surface area contributed by atoms with E-state index in [4.69, 9.17) is 19.9 Å². The Labute approximate surface area is 111 Å². The van der Waals surface area contributed by atoms with Crippen LogP contribution in [0.15, 0.2) is 24.3 Å². The van der Waals surface area contributed by atoms with Crippen LogP contribution < -0.4 is 15.2 Å². The molecule has 1 amide bonds. The third-order valence-corrected chi connectivity index (χ3v) is 2.20. The number of hydrogen-bond acceptors (Lipinski definition) is 5. The monoisotopic (exact) mass is 267 g/mol. The Morgan fingerprint density at radius 2 is 1.68 bits per heavy atom. The van der Waals surface area contributed by atoms with Gasteiger partial charge in [-0.15, -0.1) is 0 Å². The first-order valence-corrected chi connectivity index (χ1v) is 5.87. The molecule has 6 heteroatoms. The van der Waals surface area contributed by atoms with Gasteiger partial charge in [-0.2, -0.15) is 0 Å². The van der Waals surface area contributed by atoms with Gasteiger partial charge in [0.25, 0.3) is 5.91 Å². The molecule has 0 saturated heterocycles. The van der Waals surface area contributed by atoms with Gasteiger partial charge in [0.05, 0.1) is 6.61 Å². The molecule has 0 bridgehead atoms. The zero-order valence-electron chi connectivity index (χ0n) is 10.9. The van der Waals surface area contributed by atoms with Crippen molar-refractivity contribution in [3.05, 3.63) is 24.3 Å². The van der Waals surface area contributed by atoms with E-state index < -0.39 is 18.0 Å². The minimum Gasteiger partial charge on any atom is -0.494 e. The minimum absolute atomic E-state index is 0.286. The first kappa shape index (κ1) is 14.8. The second kappa shape index (κ2) is 7.25. The topological polar surface area (TPSA) is 87.8 Å². The molecule has 1 rings (SSSR count). The Hall–Kier alpha value is -2.24. The van der Waals surface area contributed by atoms with Crippen LogP contribution in [0.3, 0.4) is 0 Å². The average molecular weight is 267 g/mol. The van der Waals surface area contributed by atoms with E-state index in [9.17, 15) is 9.59 Å². The summed E-state index contributed by atoms with van der Waals surface area (Å²) in [6, 6.07) is 6.82. The summed E-state index contributed by atoms with van der Waals surface area (Å²) in [7, 11) is 0. The van der Waals surface area contributed by atoms with E-state index in [2.05, 4.69) is 0 Å². The quantitative estimate of drug-likeness (QED) is 0.741. The highest BCUT2D eigenvalue weighted by Gasteiger charge is 2.14. The number of esters is 1. The van der Waals surface area contributed by atoms with Gasteiger partial charge in [0.15, 0.2) is 12.7 Å². The molecular formula is C13H17NO5. The third-order valence-electron chi connectivity index (χ3n) is 2.20. The van der Waals surface area contributed by atoms with Crippen LogP contribution >= 0.6 is 0 Å². The average Bonchev–Trinajstić information content (AvgIpc) is 2.38. The van der Waals surface area contributed by atoms with Crippen molar-refractivity contribution in [1.82, 2.24) is 0 Å².